The van der Waals surface area contributed by atoms with Crippen LogP contribution in [0.4, 0.5) is 0 Å². The van der Waals surface area contributed by atoms with Crippen LogP contribution in [0.25, 0.3) is 0 Å². The van der Waals surface area contributed by atoms with E-state index in [1.165, 1.54) is 0 Å². The molecule has 0 aliphatic rings. The highest BCUT2D eigenvalue weighted by Gasteiger charge is 2.31. The highest BCUT2D eigenvalue weighted by Crippen LogP contribution is 2.44. The molecule has 2 aromatic rings. The third-order valence-corrected chi connectivity index (χ3v) is 16.5. The van der Waals surface area contributed by atoms with Crippen molar-refractivity contribution in [3.63, 3.8) is 0 Å². The summed E-state index contributed by atoms with van der Waals surface area (Å²) in [6, 6.07) is 15.0. The number of hydrogen-bond acceptors (Lipinski definition) is 16. The summed E-state index contributed by atoms with van der Waals surface area (Å²) >= 11 is 0. The van der Waals surface area contributed by atoms with E-state index in [1.54, 1.807) is 79.6 Å². The Hall–Kier alpha value is -3.80. The van der Waals surface area contributed by atoms with Crippen LogP contribution < -0.4 is 41.4 Å². The van der Waals surface area contributed by atoms with Crippen molar-refractivity contribution >= 4 is 66.8 Å². The second kappa shape index (κ2) is 40.4. The van der Waals surface area contributed by atoms with Gasteiger partial charge in [-0.1, -0.05) is 176 Å². The summed E-state index contributed by atoms with van der Waals surface area (Å²) in [6.45, 7) is 35.8. The Bertz CT molecular complexity index is 2130. The van der Waals surface area contributed by atoms with Gasteiger partial charge >= 0.3 is 0 Å². The molecule has 20 heteroatoms. The minimum atomic E-state index is -0.684. The van der Waals surface area contributed by atoms with Gasteiger partial charge < -0.3 is 60.3 Å². The van der Waals surface area contributed by atoms with E-state index in [1.807, 2.05) is 46.8 Å². The van der Waals surface area contributed by atoms with Crippen LogP contribution in [-0.4, -0.2) is 148 Å². The van der Waals surface area contributed by atoms with Gasteiger partial charge in [-0.25, -0.2) is 0 Å². The average molecular weight is 1150 g/mol. The van der Waals surface area contributed by atoms with Crippen molar-refractivity contribution in [3.8, 4) is 35.2 Å². The summed E-state index contributed by atoms with van der Waals surface area (Å²) in [7, 11) is 6.58. The molecule has 0 saturated heterocycles. The summed E-state index contributed by atoms with van der Waals surface area (Å²) in [5.41, 5.74) is 0.823. The van der Waals surface area contributed by atoms with E-state index in [9.17, 15) is 19.2 Å². The maximum Gasteiger partial charge on any atom is 0.251 e. The molecule has 2 aromatic carbocycles. The number of benzene rings is 2. The van der Waals surface area contributed by atoms with Crippen LogP contribution in [0, 0.1) is 35.5 Å². The lowest BCUT2D eigenvalue weighted by Crippen LogP contribution is -2.35. The van der Waals surface area contributed by atoms with Crippen LogP contribution in [0.1, 0.15) is 125 Å². The molecule has 2 unspecified atom stereocenters. The first-order valence-electron chi connectivity index (χ1n) is 26.4. The Morgan fingerprint density at radius 3 is 1.48 bits per heavy atom. The Labute approximate surface area is 478 Å². The lowest BCUT2D eigenvalue weighted by atomic mass is 10.2. The van der Waals surface area contributed by atoms with Crippen LogP contribution in [0.5, 0.6) is 11.5 Å². The maximum atomic E-state index is 12.5. The van der Waals surface area contributed by atoms with Crippen molar-refractivity contribution in [2.75, 3.05) is 92.1 Å². The van der Waals surface area contributed by atoms with Crippen LogP contribution in [0.3, 0.4) is 0 Å². The van der Waals surface area contributed by atoms with E-state index in [4.69, 9.17) is 28.4 Å². The zero-order chi connectivity index (χ0) is 57.7. The lowest BCUT2D eigenvalue weighted by Gasteiger charge is -2.31. The van der Waals surface area contributed by atoms with Gasteiger partial charge in [0.15, 0.2) is 4.93 Å². The van der Waals surface area contributed by atoms with Crippen LogP contribution >= 0.6 is 43.2 Å². The standard InChI is InChI=1S/C29H47N3O5S2.C28H45N3O5S2/c1-22(2)11-10-14-31-26(33)20-35-17-18-37-29(8,39-38-28(5,6)7)21-36-25-13-9-12-24(19-25)27(34)32-16-15-30-23(3)4;1-21(2)10-9-13-30-25(32)19-34-16-17-35-26(37-38-28(5,6)7)20-36-24-12-8-11-23(18-24)27(33)31-15-14-29-22(3)4/h9,12-13,19,22-23,30H,14-18,20-21H2,1-8H3,(H,31,33)(H,32,34);8,11-12,18,21-22,26,29H,13-17,19-20H2,1-7H3,(H,30,32)(H,31,33). The fourth-order valence-electron chi connectivity index (χ4n) is 5.50. The van der Waals surface area contributed by atoms with Crippen molar-refractivity contribution in [2.45, 2.75) is 136 Å². The molecule has 0 radical (unpaired) electrons. The highest BCUT2D eigenvalue weighted by molar-refractivity contribution is 8.77. The van der Waals surface area contributed by atoms with Gasteiger partial charge in [0.25, 0.3) is 11.8 Å². The van der Waals surface area contributed by atoms with E-state index >= 15 is 0 Å². The number of ether oxygens (including phenoxy) is 6. The monoisotopic (exact) mass is 1150 g/mol. The number of amides is 4. The summed E-state index contributed by atoms with van der Waals surface area (Å²) in [6.07, 6.45) is 0. The molecule has 0 fully saturated rings. The first-order valence-corrected chi connectivity index (χ1v) is 30.7. The molecular formula is C57H92N6O10S4. The molecular weight excluding hydrogens is 1060 g/mol. The molecule has 4 amide bonds. The first-order chi connectivity index (χ1) is 36.3. The number of rotatable bonds is 34. The molecule has 0 spiro atoms. The molecule has 77 heavy (non-hydrogen) atoms. The summed E-state index contributed by atoms with van der Waals surface area (Å²) in [5, 5.41) is 17.8. The van der Waals surface area contributed by atoms with Crippen LogP contribution in [-0.2, 0) is 28.5 Å². The maximum absolute atomic E-state index is 12.5. The lowest BCUT2D eigenvalue weighted by molar-refractivity contribution is -0.127. The largest absolute Gasteiger partial charge is 0.490 e. The molecule has 0 aliphatic carbocycles. The number of carbonyl (C=O) groups is 4. The van der Waals surface area contributed by atoms with Gasteiger partial charge in [0.1, 0.15) is 43.4 Å². The Morgan fingerprint density at radius 2 is 1.03 bits per heavy atom. The normalized spacial score (nSPS) is 12.6. The molecule has 2 rings (SSSR count). The highest BCUT2D eigenvalue weighted by atomic mass is 33.1. The summed E-state index contributed by atoms with van der Waals surface area (Å²) < 4.78 is 35.2. The Balaban J connectivity index is 0.000000770. The van der Waals surface area contributed by atoms with Gasteiger partial charge in [0.2, 0.25) is 11.8 Å². The van der Waals surface area contributed by atoms with Crippen molar-refractivity contribution < 1.29 is 47.6 Å². The molecule has 16 nitrogen and oxygen atoms in total. The van der Waals surface area contributed by atoms with Gasteiger partial charge in [0.05, 0.1) is 39.5 Å². The predicted octanol–water partition coefficient (Wildman–Crippen LogP) is 8.61. The molecule has 2 atom stereocenters. The van der Waals surface area contributed by atoms with Crippen molar-refractivity contribution in [1.82, 2.24) is 31.9 Å². The Kier molecular flexibility index (Phi) is 37.4. The minimum Gasteiger partial charge on any atom is -0.490 e. The third kappa shape index (κ3) is 41.0. The Morgan fingerprint density at radius 1 is 0.558 bits per heavy atom. The molecule has 0 aromatic heterocycles. The molecule has 0 saturated carbocycles. The van der Waals surface area contributed by atoms with Crippen molar-refractivity contribution in [1.29, 1.82) is 0 Å². The van der Waals surface area contributed by atoms with E-state index < -0.39 is 4.93 Å². The summed E-state index contributed by atoms with van der Waals surface area (Å²) in [4.78, 5) is 48.0. The van der Waals surface area contributed by atoms with Gasteiger partial charge in [-0.15, -0.1) is 0 Å². The minimum absolute atomic E-state index is 0.0186. The number of hydrogen-bond donors (Lipinski definition) is 6. The van der Waals surface area contributed by atoms with Gasteiger partial charge in [-0.05, 0) is 43.3 Å². The molecule has 0 aliphatic heterocycles. The SMILES string of the molecule is CC(C)C#CCNC(=O)COCCOC(C)(COc1cccc(C(=O)NCCNC(C)C)c1)SSC(C)(C)C.CC(C)C#CCNC(=O)COCCOC(COc1cccc(C(=O)NCCNC(C)C)c1)SSC(C)(C)C. The third-order valence-electron chi connectivity index (χ3n) is 9.04. The topological polar surface area (TPSA) is 196 Å². The van der Waals surface area contributed by atoms with Crippen LogP contribution in [0.15, 0.2) is 48.5 Å². The van der Waals surface area contributed by atoms with E-state index in [2.05, 4.69) is 125 Å². The average Bonchev–Trinajstić information content (AvgIpc) is 3.35. The summed E-state index contributed by atoms with van der Waals surface area (Å²) in [5.74, 6) is 12.8. The van der Waals surface area contributed by atoms with E-state index in [0.29, 0.717) is 93.8 Å². The van der Waals surface area contributed by atoms with Gasteiger partial charge in [0, 0.05) is 70.7 Å². The quantitative estimate of drug-likeness (QED) is 0.0169. The zero-order valence-corrected chi connectivity index (χ0v) is 51.9. The van der Waals surface area contributed by atoms with E-state index in [-0.39, 0.29) is 83.4 Å². The molecule has 0 bridgehead atoms. The fourth-order valence-corrected chi connectivity index (χ4v) is 9.92. The van der Waals surface area contributed by atoms with Crippen molar-refractivity contribution in [3.05, 3.63) is 59.7 Å². The van der Waals surface area contributed by atoms with Gasteiger partial charge in [-0.3, -0.25) is 19.2 Å². The second-order valence-electron chi connectivity index (χ2n) is 20.8. The zero-order valence-electron chi connectivity index (χ0n) is 48.6. The van der Waals surface area contributed by atoms with Crippen LogP contribution in [0.2, 0.25) is 0 Å². The van der Waals surface area contributed by atoms with Crippen molar-refractivity contribution in [2.24, 2.45) is 11.8 Å². The molecule has 6 N–H and O–H groups in total. The van der Waals surface area contributed by atoms with E-state index in [0.717, 1.165) is 0 Å². The predicted molar refractivity (Wildman–Crippen MR) is 322 cm³/mol. The molecule has 434 valence electrons. The second-order valence-corrected chi connectivity index (χ2v) is 27.5. The first kappa shape index (κ1) is 71.2. The number of nitrogens with one attached hydrogen (secondary N) is 6. The van der Waals surface area contributed by atoms with Gasteiger partial charge in [-0.2, -0.15) is 0 Å². The number of carbonyl (C=O) groups excluding carboxylic acids is 4. The fraction of sp³-hybridized carbons (Fsp3) is 0.649. The molecule has 0 heterocycles. The smallest absolute Gasteiger partial charge is 0.251 e.